The summed E-state index contributed by atoms with van der Waals surface area (Å²) in [4.78, 5) is 7.81. The molecule has 3 rings (SSSR count). The fourth-order valence-corrected chi connectivity index (χ4v) is 4.22. The molecule has 0 unspecified atom stereocenters. The second-order valence-electron chi connectivity index (χ2n) is 7.84. The van der Waals surface area contributed by atoms with Crippen LogP contribution in [-0.4, -0.2) is 72.7 Å². The Balaban J connectivity index is 1.56. The maximum absolute atomic E-state index is 5.46. The van der Waals surface area contributed by atoms with Gasteiger partial charge < -0.3 is 4.74 Å². The van der Waals surface area contributed by atoms with E-state index in [0.29, 0.717) is 12.1 Å². The molecule has 1 aromatic carbocycles. The molecular weight excluding hydrogens is 310 g/mol. The van der Waals surface area contributed by atoms with Crippen molar-refractivity contribution in [1.29, 1.82) is 0 Å². The number of hydrogen-bond acceptors (Lipinski definition) is 4. The molecular formula is C21H35N3O. The van der Waals surface area contributed by atoms with E-state index in [2.05, 4.69) is 59.7 Å². The van der Waals surface area contributed by atoms with E-state index in [1.165, 1.54) is 37.2 Å². The molecule has 0 saturated carbocycles. The highest BCUT2D eigenvalue weighted by molar-refractivity contribution is 5.23. The topological polar surface area (TPSA) is 19.0 Å². The van der Waals surface area contributed by atoms with Crippen molar-refractivity contribution >= 4 is 0 Å². The lowest BCUT2D eigenvalue weighted by Crippen LogP contribution is -2.54. The van der Waals surface area contributed by atoms with E-state index < -0.39 is 0 Å². The number of morpholine rings is 1. The van der Waals surface area contributed by atoms with Crippen molar-refractivity contribution in [1.82, 2.24) is 14.7 Å². The van der Waals surface area contributed by atoms with Gasteiger partial charge in [-0.05, 0) is 31.4 Å². The smallest absolute Gasteiger partial charge is 0.0594 e. The molecule has 4 heteroatoms. The van der Waals surface area contributed by atoms with Crippen LogP contribution in [0.2, 0.25) is 0 Å². The van der Waals surface area contributed by atoms with Crippen LogP contribution in [0.4, 0.5) is 0 Å². The minimum Gasteiger partial charge on any atom is -0.379 e. The number of rotatable bonds is 6. The molecule has 0 radical (unpaired) electrons. The van der Waals surface area contributed by atoms with Crippen LogP contribution in [0.5, 0.6) is 0 Å². The lowest BCUT2D eigenvalue weighted by molar-refractivity contribution is 0.0341. The van der Waals surface area contributed by atoms with Crippen molar-refractivity contribution in [2.75, 3.05) is 45.9 Å². The summed E-state index contributed by atoms with van der Waals surface area (Å²) in [5.74, 6) is 0. The van der Waals surface area contributed by atoms with Crippen LogP contribution in [0.25, 0.3) is 0 Å². The van der Waals surface area contributed by atoms with E-state index in [0.717, 1.165) is 39.4 Å². The Morgan fingerprint density at radius 1 is 1.00 bits per heavy atom. The second-order valence-corrected chi connectivity index (χ2v) is 7.84. The SMILES string of the molecule is CC[C@H]1CN(Cc2cccc(CN3CCOCC3)c2)CCN1C(C)C. The van der Waals surface area contributed by atoms with E-state index in [1.807, 2.05) is 0 Å². The number of ether oxygens (including phenoxy) is 1. The normalized spacial score (nSPS) is 24.1. The first-order valence-electron chi connectivity index (χ1n) is 10.0. The van der Waals surface area contributed by atoms with Crippen molar-refractivity contribution in [3.8, 4) is 0 Å². The molecule has 0 aliphatic carbocycles. The molecule has 25 heavy (non-hydrogen) atoms. The molecule has 2 heterocycles. The van der Waals surface area contributed by atoms with E-state index in [-0.39, 0.29) is 0 Å². The Morgan fingerprint density at radius 3 is 2.32 bits per heavy atom. The van der Waals surface area contributed by atoms with Crippen molar-refractivity contribution in [2.45, 2.75) is 52.4 Å². The average Bonchev–Trinajstić information content (AvgIpc) is 2.62. The van der Waals surface area contributed by atoms with Gasteiger partial charge in [-0.15, -0.1) is 0 Å². The predicted octanol–water partition coefficient (Wildman–Crippen LogP) is 2.82. The summed E-state index contributed by atoms with van der Waals surface area (Å²) in [6.07, 6.45) is 1.24. The second kappa shape index (κ2) is 9.13. The lowest BCUT2D eigenvalue weighted by Gasteiger charge is -2.43. The minimum atomic E-state index is 0.656. The number of benzene rings is 1. The molecule has 140 valence electrons. The third kappa shape index (κ3) is 5.27. The highest BCUT2D eigenvalue weighted by Crippen LogP contribution is 2.19. The Hall–Kier alpha value is -0.940. The first-order valence-corrected chi connectivity index (χ1v) is 10.0. The Labute approximate surface area is 153 Å². The first kappa shape index (κ1) is 18.8. The summed E-state index contributed by atoms with van der Waals surface area (Å²) in [7, 11) is 0. The van der Waals surface area contributed by atoms with Crippen LogP contribution in [-0.2, 0) is 17.8 Å². The van der Waals surface area contributed by atoms with Crippen LogP contribution in [0.1, 0.15) is 38.3 Å². The molecule has 0 aromatic heterocycles. The van der Waals surface area contributed by atoms with Gasteiger partial charge in [0.2, 0.25) is 0 Å². The molecule has 1 atom stereocenters. The van der Waals surface area contributed by atoms with Crippen LogP contribution >= 0.6 is 0 Å². The predicted molar refractivity (Wildman–Crippen MR) is 104 cm³/mol. The third-order valence-electron chi connectivity index (χ3n) is 5.65. The number of hydrogen-bond donors (Lipinski definition) is 0. The van der Waals surface area contributed by atoms with Crippen LogP contribution < -0.4 is 0 Å². The number of piperazine rings is 1. The van der Waals surface area contributed by atoms with Gasteiger partial charge >= 0.3 is 0 Å². The van der Waals surface area contributed by atoms with Crippen molar-refractivity contribution < 1.29 is 4.74 Å². The zero-order valence-electron chi connectivity index (χ0n) is 16.3. The van der Waals surface area contributed by atoms with Crippen molar-refractivity contribution in [3.05, 3.63) is 35.4 Å². The fraction of sp³-hybridized carbons (Fsp3) is 0.714. The van der Waals surface area contributed by atoms with Gasteiger partial charge in [0.05, 0.1) is 13.2 Å². The summed E-state index contributed by atoms with van der Waals surface area (Å²) in [6.45, 7) is 16.5. The van der Waals surface area contributed by atoms with Gasteiger partial charge in [-0.25, -0.2) is 0 Å². The number of nitrogens with zero attached hydrogens (tertiary/aromatic N) is 3. The molecule has 0 spiro atoms. The van der Waals surface area contributed by atoms with Gasteiger partial charge in [0.25, 0.3) is 0 Å². The molecule has 4 nitrogen and oxygen atoms in total. The quantitative estimate of drug-likeness (QED) is 0.789. The fourth-order valence-electron chi connectivity index (χ4n) is 4.22. The maximum atomic E-state index is 5.46. The molecule has 0 bridgehead atoms. The zero-order chi connectivity index (χ0) is 17.6. The molecule has 0 amide bonds. The van der Waals surface area contributed by atoms with Crippen LogP contribution in [0.3, 0.4) is 0 Å². The lowest BCUT2D eigenvalue weighted by atomic mass is 10.1. The Morgan fingerprint density at radius 2 is 1.68 bits per heavy atom. The molecule has 0 N–H and O–H groups in total. The van der Waals surface area contributed by atoms with Gasteiger partial charge in [0.1, 0.15) is 0 Å². The van der Waals surface area contributed by atoms with Crippen LogP contribution in [0.15, 0.2) is 24.3 Å². The van der Waals surface area contributed by atoms with Gasteiger partial charge in [-0.3, -0.25) is 14.7 Å². The average molecular weight is 346 g/mol. The summed E-state index contributed by atoms with van der Waals surface area (Å²) < 4.78 is 5.46. The zero-order valence-corrected chi connectivity index (χ0v) is 16.3. The summed E-state index contributed by atoms with van der Waals surface area (Å²) in [6, 6.07) is 10.6. The van der Waals surface area contributed by atoms with Crippen LogP contribution in [0, 0.1) is 0 Å². The van der Waals surface area contributed by atoms with Gasteiger partial charge in [-0.1, -0.05) is 31.2 Å². The monoisotopic (exact) mass is 345 g/mol. The highest BCUT2D eigenvalue weighted by Gasteiger charge is 2.27. The van der Waals surface area contributed by atoms with Gasteiger partial charge in [-0.2, -0.15) is 0 Å². The molecule has 2 fully saturated rings. The molecule has 2 aliphatic heterocycles. The van der Waals surface area contributed by atoms with E-state index >= 15 is 0 Å². The Bertz CT molecular complexity index is 528. The summed E-state index contributed by atoms with van der Waals surface area (Å²) in [5.41, 5.74) is 2.89. The molecule has 2 saturated heterocycles. The largest absolute Gasteiger partial charge is 0.379 e. The minimum absolute atomic E-state index is 0.656. The first-order chi connectivity index (χ1) is 12.2. The summed E-state index contributed by atoms with van der Waals surface area (Å²) in [5, 5.41) is 0. The Kier molecular flexibility index (Phi) is 6.88. The van der Waals surface area contributed by atoms with E-state index in [4.69, 9.17) is 4.74 Å². The van der Waals surface area contributed by atoms with E-state index in [9.17, 15) is 0 Å². The van der Waals surface area contributed by atoms with E-state index in [1.54, 1.807) is 0 Å². The maximum Gasteiger partial charge on any atom is 0.0594 e. The van der Waals surface area contributed by atoms with Gasteiger partial charge in [0, 0.05) is 57.9 Å². The third-order valence-corrected chi connectivity index (χ3v) is 5.65. The summed E-state index contributed by atoms with van der Waals surface area (Å²) >= 11 is 0. The molecule has 1 aromatic rings. The van der Waals surface area contributed by atoms with Gasteiger partial charge in [0.15, 0.2) is 0 Å². The standard InChI is InChI=1S/C21H35N3O/c1-4-21-17-23(8-9-24(21)18(2)3)16-20-7-5-6-19(14-20)15-22-10-12-25-13-11-22/h5-7,14,18,21H,4,8-13,15-17H2,1-3H3/t21-/m0/s1. The highest BCUT2D eigenvalue weighted by atomic mass is 16.5. The van der Waals surface area contributed by atoms with Crippen molar-refractivity contribution in [2.24, 2.45) is 0 Å². The molecule has 2 aliphatic rings. The van der Waals surface area contributed by atoms with Crippen molar-refractivity contribution in [3.63, 3.8) is 0 Å².